The van der Waals surface area contributed by atoms with Crippen LogP contribution in [0.1, 0.15) is 20.7 Å². The molecule has 0 amide bonds. The number of halogens is 4. The molecule has 0 spiro atoms. The van der Waals surface area contributed by atoms with E-state index in [1.54, 1.807) is 0 Å². The molecule has 0 radical (unpaired) electrons. The predicted molar refractivity (Wildman–Crippen MR) is 82.1 cm³/mol. The Hall–Kier alpha value is -2.88. The maximum atomic E-state index is 13.9. The average Bonchev–Trinajstić information content (AvgIpc) is 2.55. The predicted octanol–water partition coefficient (Wildman–Crippen LogP) is 1.73. The van der Waals surface area contributed by atoms with E-state index in [9.17, 15) is 44.0 Å². The zero-order chi connectivity index (χ0) is 22.3. The Morgan fingerprint density at radius 2 is 0.931 bits per heavy atom. The number of hydrogen-bond donors (Lipinski definition) is 2. The first-order chi connectivity index (χ1) is 13.2. The van der Waals surface area contributed by atoms with E-state index in [2.05, 4.69) is 4.74 Å². The summed E-state index contributed by atoms with van der Waals surface area (Å²) in [6.07, 6.45) is 0. The Morgan fingerprint density at radius 1 is 0.655 bits per heavy atom. The van der Waals surface area contributed by atoms with E-state index >= 15 is 0 Å². The molecule has 2 rings (SSSR count). The lowest BCUT2D eigenvalue weighted by molar-refractivity contribution is 0.0383. The molecule has 0 saturated heterocycles. The van der Waals surface area contributed by atoms with Gasteiger partial charge in [-0.1, -0.05) is 0 Å². The van der Waals surface area contributed by atoms with Gasteiger partial charge in [0.1, 0.15) is 44.2 Å². The number of rotatable bonds is 4. The number of esters is 2. The molecule has 0 fully saturated rings. The van der Waals surface area contributed by atoms with Crippen LogP contribution in [-0.4, -0.2) is 37.9 Å². The molecule has 0 aliphatic heterocycles. The molecule has 15 heteroatoms. The lowest BCUT2D eigenvalue weighted by Crippen LogP contribution is -2.22. The highest BCUT2D eigenvalue weighted by atomic mass is 32.2. The monoisotopic (exact) mass is 458 g/mol. The Morgan fingerprint density at radius 3 is 1.21 bits per heavy atom. The third-order valence-electron chi connectivity index (χ3n) is 3.23. The van der Waals surface area contributed by atoms with E-state index in [0.29, 0.717) is 0 Å². The second-order valence-electron chi connectivity index (χ2n) is 5.09. The normalized spacial score (nSPS) is 11.9. The van der Waals surface area contributed by atoms with Crippen molar-refractivity contribution in [1.82, 2.24) is 0 Å². The van der Waals surface area contributed by atoms with Crippen LogP contribution >= 0.6 is 0 Å². The third-order valence-corrected chi connectivity index (χ3v) is 5.06. The number of carbonyl (C=O) groups excluding carboxylic acids is 2. The Bertz CT molecular complexity index is 1160. The molecule has 156 valence electrons. The summed E-state index contributed by atoms with van der Waals surface area (Å²) in [7, 11) is -11.2. The fourth-order valence-electron chi connectivity index (χ4n) is 2.14. The number of ether oxygens (including phenoxy) is 1. The van der Waals surface area contributed by atoms with Gasteiger partial charge in [0, 0.05) is 0 Å². The van der Waals surface area contributed by atoms with Crippen LogP contribution in [0.5, 0.6) is 0 Å². The second-order valence-corrected chi connectivity index (χ2v) is 7.81. The zero-order valence-corrected chi connectivity index (χ0v) is 15.0. The Kier molecular flexibility index (Phi) is 5.80. The van der Waals surface area contributed by atoms with Crippen molar-refractivity contribution < 1.29 is 57.8 Å². The van der Waals surface area contributed by atoms with Crippen molar-refractivity contribution in [3.05, 3.63) is 58.7 Å². The summed E-state index contributed by atoms with van der Waals surface area (Å²) < 4.78 is 122. The quantitative estimate of drug-likeness (QED) is 0.302. The van der Waals surface area contributed by atoms with Gasteiger partial charge in [-0.05, 0) is 24.3 Å². The standard InChI is InChI=1S/C14H6F4O9S2/c15-5-1-3-7(17)11(28(21,22)23)9(5)13(19)27-14(20)10-6(16)2-4-8(18)12(10)29(24,25)26/h1-4H,(H,21,22,23)(H,24,25,26). The highest BCUT2D eigenvalue weighted by Crippen LogP contribution is 2.26. The summed E-state index contributed by atoms with van der Waals surface area (Å²) in [5.74, 6) is -11.9. The first kappa shape index (κ1) is 22.4. The number of hydrogen-bond acceptors (Lipinski definition) is 7. The highest BCUT2D eigenvalue weighted by Gasteiger charge is 2.34. The SMILES string of the molecule is O=C(OC(=O)c1c(F)ccc(F)c1S(=O)(=O)O)c1c(F)ccc(F)c1S(=O)(=O)O. The minimum absolute atomic E-state index is 0.208. The van der Waals surface area contributed by atoms with Crippen molar-refractivity contribution >= 4 is 32.2 Å². The van der Waals surface area contributed by atoms with Crippen LogP contribution in [0, 0.1) is 23.3 Å². The zero-order valence-electron chi connectivity index (χ0n) is 13.4. The molecule has 2 aromatic carbocycles. The molecule has 2 N–H and O–H groups in total. The number of carbonyl (C=O) groups is 2. The molecular weight excluding hydrogens is 452 g/mol. The lowest BCUT2D eigenvalue weighted by atomic mass is 10.2. The van der Waals surface area contributed by atoms with Gasteiger partial charge in [-0.25, -0.2) is 27.2 Å². The molecule has 0 heterocycles. The van der Waals surface area contributed by atoms with Crippen molar-refractivity contribution in [3.8, 4) is 0 Å². The van der Waals surface area contributed by atoms with Crippen LogP contribution in [0.25, 0.3) is 0 Å². The second kappa shape index (κ2) is 7.51. The van der Waals surface area contributed by atoms with Crippen molar-refractivity contribution in [3.63, 3.8) is 0 Å². The van der Waals surface area contributed by atoms with Gasteiger partial charge >= 0.3 is 11.9 Å². The van der Waals surface area contributed by atoms with Gasteiger partial charge in [-0.2, -0.15) is 16.8 Å². The molecule has 2 aromatic rings. The fraction of sp³-hybridized carbons (Fsp3) is 0. The van der Waals surface area contributed by atoms with Crippen LogP contribution in [0.4, 0.5) is 17.6 Å². The molecule has 0 aliphatic rings. The lowest BCUT2D eigenvalue weighted by Gasteiger charge is -2.11. The highest BCUT2D eigenvalue weighted by molar-refractivity contribution is 7.86. The van der Waals surface area contributed by atoms with E-state index in [-0.39, 0.29) is 24.3 Å². The average molecular weight is 458 g/mol. The van der Waals surface area contributed by atoms with Gasteiger partial charge in [-0.3, -0.25) is 9.11 Å². The van der Waals surface area contributed by atoms with E-state index in [4.69, 9.17) is 9.11 Å². The molecule has 0 aromatic heterocycles. The van der Waals surface area contributed by atoms with Crippen molar-refractivity contribution in [1.29, 1.82) is 0 Å². The van der Waals surface area contributed by atoms with Gasteiger partial charge in [-0.15, -0.1) is 0 Å². The summed E-state index contributed by atoms with van der Waals surface area (Å²) in [4.78, 5) is 20.1. The smallest absolute Gasteiger partial charge is 0.350 e. The molecule has 0 bridgehead atoms. The molecule has 29 heavy (non-hydrogen) atoms. The van der Waals surface area contributed by atoms with Gasteiger partial charge in [0.2, 0.25) is 0 Å². The maximum absolute atomic E-state index is 13.9. The fourth-order valence-corrected chi connectivity index (χ4v) is 3.64. The van der Waals surface area contributed by atoms with E-state index < -0.39 is 76.4 Å². The largest absolute Gasteiger partial charge is 0.385 e. The topological polar surface area (TPSA) is 152 Å². The summed E-state index contributed by atoms with van der Waals surface area (Å²) in [5.41, 5.74) is -3.63. The van der Waals surface area contributed by atoms with Gasteiger partial charge in [0.25, 0.3) is 20.2 Å². The molecular formula is C14H6F4O9S2. The van der Waals surface area contributed by atoms with Crippen LogP contribution in [0.3, 0.4) is 0 Å². The first-order valence-electron chi connectivity index (χ1n) is 6.83. The van der Waals surface area contributed by atoms with Crippen LogP contribution in [-0.2, 0) is 25.0 Å². The minimum Gasteiger partial charge on any atom is -0.385 e. The third kappa shape index (κ3) is 4.42. The van der Waals surface area contributed by atoms with Gasteiger partial charge in [0.05, 0.1) is 0 Å². The summed E-state index contributed by atoms with van der Waals surface area (Å²) in [5, 5.41) is 0. The van der Waals surface area contributed by atoms with Crippen LogP contribution < -0.4 is 0 Å². The van der Waals surface area contributed by atoms with E-state index in [1.165, 1.54) is 0 Å². The first-order valence-corrected chi connectivity index (χ1v) is 9.71. The van der Waals surface area contributed by atoms with Crippen LogP contribution in [0.15, 0.2) is 34.1 Å². The van der Waals surface area contributed by atoms with Gasteiger partial charge in [0.15, 0.2) is 0 Å². The minimum atomic E-state index is -5.58. The summed E-state index contributed by atoms with van der Waals surface area (Å²) in [6.45, 7) is 0. The summed E-state index contributed by atoms with van der Waals surface area (Å²) in [6, 6.07) is 0.856. The molecule has 0 aliphatic carbocycles. The summed E-state index contributed by atoms with van der Waals surface area (Å²) >= 11 is 0. The molecule has 0 saturated carbocycles. The molecule has 0 atom stereocenters. The molecule has 0 unspecified atom stereocenters. The van der Waals surface area contributed by atoms with E-state index in [1.807, 2.05) is 0 Å². The van der Waals surface area contributed by atoms with Crippen LogP contribution in [0.2, 0.25) is 0 Å². The Balaban J connectivity index is 2.63. The molecule has 9 nitrogen and oxygen atoms in total. The number of benzene rings is 2. The van der Waals surface area contributed by atoms with Crippen molar-refractivity contribution in [2.75, 3.05) is 0 Å². The van der Waals surface area contributed by atoms with Crippen molar-refractivity contribution in [2.24, 2.45) is 0 Å². The van der Waals surface area contributed by atoms with E-state index in [0.717, 1.165) is 0 Å². The Labute approximate surface area is 159 Å². The van der Waals surface area contributed by atoms with Gasteiger partial charge < -0.3 is 4.74 Å². The van der Waals surface area contributed by atoms with Crippen molar-refractivity contribution in [2.45, 2.75) is 9.79 Å². The maximum Gasteiger partial charge on any atom is 0.350 e.